The van der Waals surface area contributed by atoms with E-state index in [0.717, 1.165) is 26.1 Å². The fraction of sp³-hybridized carbons (Fsp3) is 0.786. The van der Waals surface area contributed by atoms with Gasteiger partial charge in [0.1, 0.15) is 0 Å². The summed E-state index contributed by atoms with van der Waals surface area (Å²) in [5.41, 5.74) is 0. The summed E-state index contributed by atoms with van der Waals surface area (Å²) in [6.45, 7) is 11.1. The Balaban J connectivity index is 2.91. The Bertz CT molecular complexity index is 410. The molecule has 7 heteroatoms. The Hall–Kier alpha value is -1.63. The van der Waals surface area contributed by atoms with Gasteiger partial charge >= 0.3 is 0 Å². The van der Waals surface area contributed by atoms with Crippen molar-refractivity contribution in [2.24, 2.45) is 0 Å². The molecule has 0 saturated carbocycles. The predicted molar refractivity (Wildman–Crippen MR) is 87.0 cm³/mol. The highest BCUT2D eigenvalue weighted by Gasteiger charge is 2.11. The first-order chi connectivity index (χ1) is 10.1. The number of aliphatic hydroxyl groups excluding tert-OH is 1. The molecule has 1 heterocycles. The number of aromatic nitrogens is 3. The van der Waals surface area contributed by atoms with E-state index in [9.17, 15) is 5.11 Å². The van der Waals surface area contributed by atoms with Gasteiger partial charge in [-0.25, -0.2) is 0 Å². The lowest BCUT2D eigenvalue weighted by atomic mass is 10.3. The van der Waals surface area contributed by atoms with Gasteiger partial charge in [0.2, 0.25) is 17.8 Å². The molecule has 0 fully saturated rings. The Morgan fingerprint density at radius 2 is 1.62 bits per heavy atom. The third-order valence-electron chi connectivity index (χ3n) is 3.17. The number of hydrogen-bond donors (Lipinski definition) is 3. The SMILES string of the molecule is CCCNc1nc(NCC(O)CC)nc(N(CC)CC)n1. The van der Waals surface area contributed by atoms with Gasteiger partial charge in [0.15, 0.2) is 0 Å². The van der Waals surface area contributed by atoms with E-state index in [0.29, 0.717) is 30.8 Å². The third kappa shape index (κ3) is 5.71. The van der Waals surface area contributed by atoms with Crippen LogP contribution in [0.15, 0.2) is 0 Å². The van der Waals surface area contributed by atoms with Gasteiger partial charge in [-0.05, 0) is 26.7 Å². The molecule has 3 N–H and O–H groups in total. The van der Waals surface area contributed by atoms with E-state index in [4.69, 9.17) is 0 Å². The van der Waals surface area contributed by atoms with E-state index in [1.165, 1.54) is 0 Å². The monoisotopic (exact) mass is 296 g/mol. The van der Waals surface area contributed by atoms with E-state index in [-0.39, 0.29) is 0 Å². The standard InChI is InChI=1S/C14H28N6O/c1-5-9-15-12-17-13(16-10-11(21)6-2)19-14(18-12)20(7-3)8-4/h11,21H,5-10H2,1-4H3,(H2,15,16,17,18,19). The maximum atomic E-state index is 9.64. The molecule has 0 amide bonds. The van der Waals surface area contributed by atoms with Crippen molar-refractivity contribution in [2.75, 3.05) is 41.7 Å². The molecule has 120 valence electrons. The minimum atomic E-state index is -0.397. The quantitative estimate of drug-likeness (QED) is 0.606. The normalized spacial score (nSPS) is 12.0. The van der Waals surface area contributed by atoms with Gasteiger partial charge in [-0.3, -0.25) is 0 Å². The van der Waals surface area contributed by atoms with Crippen molar-refractivity contribution in [3.8, 4) is 0 Å². The van der Waals surface area contributed by atoms with Crippen LogP contribution in [-0.4, -0.2) is 52.3 Å². The van der Waals surface area contributed by atoms with Crippen molar-refractivity contribution in [3.63, 3.8) is 0 Å². The molecule has 21 heavy (non-hydrogen) atoms. The maximum absolute atomic E-state index is 9.64. The first kappa shape index (κ1) is 17.4. The van der Waals surface area contributed by atoms with Gasteiger partial charge in [0.05, 0.1) is 6.10 Å². The predicted octanol–water partition coefficient (Wildman–Crippen LogP) is 1.72. The average Bonchev–Trinajstić information content (AvgIpc) is 2.51. The summed E-state index contributed by atoms with van der Waals surface area (Å²) in [6, 6.07) is 0. The third-order valence-corrected chi connectivity index (χ3v) is 3.17. The fourth-order valence-electron chi connectivity index (χ4n) is 1.76. The molecule has 1 aromatic rings. The number of aliphatic hydroxyl groups is 1. The summed E-state index contributed by atoms with van der Waals surface area (Å²) in [5.74, 6) is 1.72. The molecule has 7 nitrogen and oxygen atoms in total. The van der Waals surface area contributed by atoms with Gasteiger partial charge in [-0.1, -0.05) is 13.8 Å². The van der Waals surface area contributed by atoms with Gasteiger partial charge in [0.25, 0.3) is 0 Å². The summed E-state index contributed by atoms with van der Waals surface area (Å²) in [5, 5.41) is 15.9. The number of hydrogen-bond acceptors (Lipinski definition) is 7. The van der Waals surface area contributed by atoms with Crippen LogP contribution in [0.25, 0.3) is 0 Å². The van der Waals surface area contributed by atoms with E-state index in [2.05, 4.69) is 51.3 Å². The summed E-state index contributed by atoms with van der Waals surface area (Å²) in [6.07, 6.45) is 1.30. The molecule has 0 aliphatic rings. The summed E-state index contributed by atoms with van der Waals surface area (Å²) < 4.78 is 0. The minimum Gasteiger partial charge on any atom is -0.391 e. The average molecular weight is 296 g/mol. The Kier molecular flexibility index (Phi) is 7.74. The number of anilines is 3. The Morgan fingerprint density at radius 1 is 1.00 bits per heavy atom. The smallest absolute Gasteiger partial charge is 0.231 e. The topological polar surface area (TPSA) is 86.2 Å². The van der Waals surface area contributed by atoms with Crippen molar-refractivity contribution >= 4 is 17.8 Å². The molecule has 0 spiro atoms. The lowest BCUT2D eigenvalue weighted by molar-refractivity contribution is 0.183. The van der Waals surface area contributed by atoms with Gasteiger partial charge in [-0.2, -0.15) is 15.0 Å². The highest BCUT2D eigenvalue weighted by atomic mass is 16.3. The van der Waals surface area contributed by atoms with Gasteiger partial charge < -0.3 is 20.6 Å². The van der Waals surface area contributed by atoms with Crippen LogP contribution in [0, 0.1) is 0 Å². The number of rotatable bonds is 10. The van der Waals surface area contributed by atoms with Gasteiger partial charge in [-0.15, -0.1) is 0 Å². The second-order valence-corrected chi connectivity index (χ2v) is 4.82. The van der Waals surface area contributed by atoms with Crippen LogP contribution in [0.4, 0.5) is 17.8 Å². The molecular formula is C14H28N6O. The van der Waals surface area contributed by atoms with Crippen molar-refractivity contribution in [1.29, 1.82) is 0 Å². The number of nitrogens with one attached hydrogen (secondary N) is 2. The zero-order valence-corrected chi connectivity index (χ0v) is 13.6. The van der Waals surface area contributed by atoms with E-state index in [1.807, 2.05) is 6.92 Å². The molecule has 0 aliphatic heterocycles. The molecule has 1 aromatic heterocycles. The lowest BCUT2D eigenvalue weighted by Crippen LogP contribution is -2.26. The Labute approximate surface area is 127 Å². The van der Waals surface area contributed by atoms with E-state index >= 15 is 0 Å². The van der Waals surface area contributed by atoms with E-state index < -0.39 is 6.10 Å². The molecule has 1 rings (SSSR count). The van der Waals surface area contributed by atoms with Crippen LogP contribution in [0.2, 0.25) is 0 Å². The highest BCUT2D eigenvalue weighted by Crippen LogP contribution is 2.13. The van der Waals surface area contributed by atoms with Crippen LogP contribution in [0.1, 0.15) is 40.5 Å². The van der Waals surface area contributed by atoms with Crippen LogP contribution >= 0.6 is 0 Å². The zero-order valence-electron chi connectivity index (χ0n) is 13.6. The van der Waals surface area contributed by atoms with Crippen molar-refractivity contribution < 1.29 is 5.11 Å². The first-order valence-corrected chi connectivity index (χ1v) is 7.81. The zero-order chi connectivity index (χ0) is 15.7. The van der Waals surface area contributed by atoms with Crippen molar-refractivity contribution in [1.82, 2.24) is 15.0 Å². The molecular weight excluding hydrogens is 268 g/mol. The van der Waals surface area contributed by atoms with Crippen LogP contribution in [0.3, 0.4) is 0 Å². The lowest BCUT2D eigenvalue weighted by Gasteiger charge is -2.20. The minimum absolute atomic E-state index is 0.397. The van der Waals surface area contributed by atoms with Gasteiger partial charge in [0, 0.05) is 26.2 Å². The summed E-state index contributed by atoms with van der Waals surface area (Å²) >= 11 is 0. The van der Waals surface area contributed by atoms with Crippen LogP contribution < -0.4 is 15.5 Å². The molecule has 0 saturated heterocycles. The van der Waals surface area contributed by atoms with Crippen molar-refractivity contribution in [2.45, 2.75) is 46.6 Å². The maximum Gasteiger partial charge on any atom is 0.231 e. The molecule has 0 bridgehead atoms. The second-order valence-electron chi connectivity index (χ2n) is 4.82. The molecule has 0 aliphatic carbocycles. The molecule has 0 aromatic carbocycles. The molecule has 1 atom stereocenters. The fourth-order valence-corrected chi connectivity index (χ4v) is 1.76. The summed E-state index contributed by atoms with van der Waals surface area (Å²) in [4.78, 5) is 15.3. The Morgan fingerprint density at radius 3 is 2.14 bits per heavy atom. The van der Waals surface area contributed by atoms with Crippen molar-refractivity contribution in [3.05, 3.63) is 0 Å². The molecule has 0 radical (unpaired) electrons. The highest BCUT2D eigenvalue weighted by molar-refractivity contribution is 5.43. The second kappa shape index (κ2) is 9.33. The first-order valence-electron chi connectivity index (χ1n) is 7.81. The number of nitrogens with zero attached hydrogens (tertiary/aromatic N) is 4. The summed E-state index contributed by atoms with van der Waals surface area (Å²) in [7, 11) is 0. The molecule has 1 unspecified atom stereocenters. The van der Waals surface area contributed by atoms with E-state index in [1.54, 1.807) is 0 Å². The van der Waals surface area contributed by atoms with Crippen LogP contribution in [0.5, 0.6) is 0 Å². The largest absolute Gasteiger partial charge is 0.391 e. The van der Waals surface area contributed by atoms with Crippen LogP contribution in [-0.2, 0) is 0 Å².